The zero-order valence-corrected chi connectivity index (χ0v) is 24.9. The summed E-state index contributed by atoms with van der Waals surface area (Å²) in [5, 5.41) is 0. The number of benzene rings is 4. The zero-order valence-electron chi connectivity index (χ0n) is 23.3. The highest BCUT2D eigenvalue weighted by Crippen LogP contribution is 2.23. The first-order chi connectivity index (χ1) is 21.0. The monoisotopic (exact) mass is 626 g/mol. The van der Waals surface area contributed by atoms with E-state index in [-0.39, 0.29) is 26.7 Å². The molecule has 12 heteroatoms. The van der Waals surface area contributed by atoms with Crippen molar-refractivity contribution in [3.8, 4) is 0 Å². The van der Waals surface area contributed by atoms with Crippen molar-refractivity contribution >= 4 is 49.1 Å². The largest absolute Gasteiger partial charge is 0.280 e. The van der Waals surface area contributed by atoms with E-state index in [0.29, 0.717) is 17.1 Å². The predicted octanol–water partition coefficient (Wildman–Crippen LogP) is 5.48. The molecule has 0 aliphatic carbocycles. The van der Waals surface area contributed by atoms with E-state index in [4.69, 9.17) is 0 Å². The van der Waals surface area contributed by atoms with Gasteiger partial charge in [-0.15, -0.1) is 0 Å². The van der Waals surface area contributed by atoms with Crippen LogP contribution in [-0.4, -0.2) is 33.6 Å². The lowest BCUT2D eigenvalue weighted by Gasteiger charge is -2.21. The minimum Gasteiger partial charge on any atom is -0.280 e. The first-order valence-corrected chi connectivity index (χ1v) is 16.2. The third kappa shape index (κ3) is 6.83. The summed E-state index contributed by atoms with van der Waals surface area (Å²) < 4.78 is 56.3. The number of carbonyl (C=O) groups excluding carboxylic acids is 2. The van der Waals surface area contributed by atoms with Gasteiger partial charge in [0, 0.05) is 28.2 Å². The summed E-state index contributed by atoms with van der Waals surface area (Å²) in [7, 11) is -7.88. The fraction of sp³-hybridized carbons (Fsp3) is 0.0312. The maximum absolute atomic E-state index is 13.7. The Bertz CT molecular complexity index is 1890. The Labute approximate surface area is 255 Å². The van der Waals surface area contributed by atoms with Gasteiger partial charge in [-0.25, -0.2) is 26.7 Å². The van der Waals surface area contributed by atoms with Gasteiger partial charge in [0.1, 0.15) is 5.82 Å². The zero-order chi connectivity index (χ0) is 31.3. The van der Waals surface area contributed by atoms with Crippen LogP contribution in [0.4, 0.5) is 17.2 Å². The SMILES string of the molecule is Cc1cccc(N(C(=O)c2ccc(S(=O)(=O)Nc3ccccc3)cc2)C(=O)c2ccc(S(=O)(=O)Nc3ccccc3)cc2)n1. The van der Waals surface area contributed by atoms with Gasteiger partial charge in [-0.1, -0.05) is 42.5 Å². The molecule has 10 nitrogen and oxygen atoms in total. The van der Waals surface area contributed by atoms with Crippen LogP contribution in [0.3, 0.4) is 0 Å². The van der Waals surface area contributed by atoms with Crippen molar-refractivity contribution < 1.29 is 26.4 Å². The summed E-state index contributed by atoms with van der Waals surface area (Å²) >= 11 is 0. The number of nitrogens with zero attached hydrogens (tertiary/aromatic N) is 2. The number of nitrogens with one attached hydrogen (secondary N) is 2. The number of pyridine rings is 1. The van der Waals surface area contributed by atoms with Crippen molar-refractivity contribution in [2.75, 3.05) is 14.3 Å². The van der Waals surface area contributed by atoms with Crippen LogP contribution in [0.2, 0.25) is 0 Å². The molecule has 0 bridgehead atoms. The number of imide groups is 1. The average molecular weight is 627 g/mol. The number of para-hydroxylation sites is 2. The standard InChI is InChI=1S/C32H26N4O6S2/c1-23-9-8-14-30(33-23)36(31(37)24-15-19-28(20-16-24)43(39,40)34-26-10-4-2-5-11-26)32(38)25-17-21-29(22-18-25)44(41,42)35-27-12-6-3-7-13-27/h2-22,34-35H,1H3. The van der Waals surface area contributed by atoms with E-state index in [1.807, 2.05) is 0 Å². The molecular formula is C32H26N4O6S2. The van der Waals surface area contributed by atoms with Gasteiger partial charge in [-0.2, -0.15) is 0 Å². The molecule has 1 aromatic heterocycles. The molecule has 0 radical (unpaired) electrons. The number of amides is 2. The first kappa shape index (κ1) is 30.1. The van der Waals surface area contributed by atoms with Gasteiger partial charge in [0.25, 0.3) is 31.9 Å². The van der Waals surface area contributed by atoms with Gasteiger partial charge in [-0.3, -0.25) is 19.0 Å². The van der Waals surface area contributed by atoms with Crippen LogP contribution in [0.25, 0.3) is 0 Å². The molecule has 0 aliphatic heterocycles. The molecule has 0 spiro atoms. The molecule has 44 heavy (non-hydrogen) atoms. The van der Waals surface area contributed by atoms with Crippen molar-refractivity contribution in [3.05, 3.63) is 144 Å². The molecule has 2 N–H and O–H groups in total. The third-order valence-corrected chi connectivity index (χ3v) is 9.18. The Balaban J connectivity index is 1.42. The lowest BCUT2D eigenvalue weighted by atomic mass is 10.1. The second kappa shape index (κ2) is 12.5. The van der Waals surface area contributed by atoms with Gasteiger partial charge in [0.15, 0.2) is 0 Å². The van der Waals surface area contributed by atoms with E-state index >= 15 is 0 Å². The summed E-state index contributed by atoms with van der Waals surface area (Å²) in [6, 6.07) is 31.9. The summed E-state index contributed by atoms with van der Waals surface area (Å²) in [6.45, 7) is 1.70. The van der Waals surface area contributed by atoms with E-state index in [2.05, 4.69) is 14.4 Å². The number of hydrogen-bond donors (Lipinski definition) is 2. The van der Waals surface area contributed by atoms with Crippen LogP contribution >= 0.6 is 0 Å². The Hall–Kier alpha value is -5.33. The van der Waals surface area contributed by atoms with E-state index in [0.717, 1.165) is 4.90 Å². The summed E-state index contributed by atoms with van der Waals surface area (Å²) in [6.07, 6.45) is 0. The second-order valence-corrected chi connectivity index (χ2v) is 12.9. The van der Waals surface area contributed by atoms with Crippen molar-refractivity contribution in [2.24, 2.45) is 0 Å². The van der Waals surface area contributed by atoms with Gasteiger partial charge in [0.2, 0.25) is 0 Å². The molecule has 0 unspecified atom stereocenters. The van der Waals surface area contributed by atoms with E-state index in [1.165, 1.54) is 54.6 Å². The Morgan fingerprint density at radius 2 is 0.955 bits per heavy atom. The second-order valence-electron chi connectivity index (χ2n) is 9.57. The molecular weight excluding hydrogens is 601 g/mol. The van der Waals surface area contributed by atoms with E-state index < -0.39 is 31.9 Å². The van der Waals surface area contributed by atoms with Crippen LogP contribution in [0.1, 0.15) is 26.4 Å². The molecule has 0 fully saturated rings. The first-order valence-electron chi connectivity index (χ1n) is 13.2. The number of sulfonamides is 2. The van der Waals surface area contributed by atoms with Crippen LogP contribution in [0, 0.1) is 6.92 Å². The minimum absolute atomic E-state index is 0.0339. The number of aryl methyl sites for hydroxylation is 1. The summed E-state index contributed by atoms with van der Waals surface area (Å²) in [5.74, 6) is -1.46. The molecule has 4 aromatic carbocycles. The van der Waals surface area contributed by atoms with E-state index in [1.54, 1.807) is 79.7 Å². The molecule has 0 atom stereocenters. The van der Waals surface area contributed by atoms with Gasteiger partial charge < -0.3 is 0 Å². The summed E-state index contributed by atoms with van der Waals surface area (Å²) in [5.41, 5.74) is 1.38. The number of hydrogen-bond acceptors (Lipinski definition) is 7. The number of anilines is 3. The molecule has 1 heterocycles. The predicted molar refractivity (Wildman–Crippen MR) is 167 cm³/mol. The lowest BCUT2D eigenvalue weighted by molar-refractivity contribution is 0.0896. The number of rotatable bonds is 9. The van der Waals surface area contributed by atoms with Crippen molar-refractivity contribution in [1.29, 1.82) is 0 Å². The van der Waals surface area contributed by atoms with Crippen molar-refractivity contribution in [2.45, 2.75) is 16.7 Å². The molecule has 222 valence electrons. The number of aromatic nitrogens is 1. The molecule has 0 saturated heterocycles. The molecule has 2 amide bonds. The van der Waals surface area contributed by atoms with Crippen LogP contribution in [0.15, 0.2) is 137 Å². The fourth-order valence-electron chi connectivity index (χ4n) is 4.21. The quantitative estimate of drug-likeness (QED) is 0.206. The highest BCUT2D eigenvalue weighted by Gasteiger charge is 2.28. The minimum atomic E-state index is -3.94. The van der Waals surface area contributed by atoms with Gasteiger partial charge in [0.05, 0.1) is 9.79 Å². The maximum Gasteiger partial charge on any atom is 0.266 e. The number of carbonyl (C=O) groups is 2. The maximum atomic E-state index is 13.7. The normalized spacial score (nSPS) is 11.4. The smallest absolute Gasteiger partial charge is 0.266 e. The molecule has 0 saturated carbocycles. The molecule has 0 aliphatic rings. The average Bonchev–Trinajstić information content (AvgIpc) is 3.02. The molecule has 5 rings (SSSR count). The Morgan fingerprint density at radius 3 is 1.34 bits per heavy atom. The fourth-order valence-corrected chi connectivity index (χ4v) is 6.32. The lowest BCUT2D eigenvalue weighted by Crippen LogP contribution is -2.38. The van der Waals surface area contributed by atoms with Crippen molar-refractivity contribution in [1.82, 2.24) is 4.98 Å². The third-order valence-electron chi connectivity index (χ3n) is 6.38. The summed E-state index contributed by atoms with van der Waals surface area (Å²) in [4.78, 5) is 32.5. The molecule has 5 aromatic rings. The highest BCUT2D eigenvalue weighted by atomic mass is 32.2. The highest BCUT2D eigenvalue weighted by molar-refractivity contribution is 7.93. The van der Waals surface area contributed by atoms with Crippen LogP contribution in [0.5, 0.6) is 0 Å². The van der Waals surface area contributed by atoms with E-state index in [9.17, 15) is 26.4 Å². The van der Waals surface area contributed by atoms with Crippen LogP contribution < -0.4 is 14.3 Å². The van der Waals surface area contributed by atoms with Gasteiger partial charge in [-0.05, 0) is 91.9 Å². The Kier molecular flexibility index (Phi) is 8.56. The Morgan fingerprint density at radius 1 is 0.545 bits per heavy atom. The topological polar surface area (TPSA) is 143 Å². The van der Waals surface area contributed by atoms with Crippen LogP contribution in [-0.2, 0) is 20.0 Å². The van der Waals surface area contributed by atoms with Crippen molar-refractivity contribution in [3.63, 3.8) is 0 Å². The van der Waals surface area contributed by atoms with Gasteiger partial charge >= 0.3 is 0 Å².